The van der Waals surface area contributed by atoms with Crippen molar-refractivity contribution < 1.29 is 0 Å². The minimum absolute atomic E-state index is 0.661. The molecule has 0 aliphatic heterocycles. The largest absolute Gasteiger partial charge is 0.145 e. The molecule has 0 unspecified atom stereocenters. The number of fused-ring (bicyclic) bond motifs is 1. The fraction of sp³-hybridized carbons (Fsp3) is 0.200. The topological polar surface area (TPSA) is 29.4 Å². The molecular weight excluding hydrogens is 150 g/mol. The Kier molecular flexibility index (Phi) is 1.74. The van der Waals surface area contributed by atoms with Gasteiger partial charge in [0.25, 0.3) is 0 Å². The number of hydrogen-bond acceptors (Lipinski definition) is 2. The number of hydrogen-bond donors (Lipinski definition) is 0. The lowest BCUT2D eigenvalue weighted by atomic mass is 9.96. The summed E-state index contributed by atoms with van der Waals surface area (Å²) in [6.07, 6.45) is 3.58. The lowest BCUT2D eigenvalue weighted by Crippen LogP contribution is -1.96. The van der Waals surface area contributed by atoms with Crippen LogP contribution in [0, 0.1) is 4.91 Å². The van der Waals surface area contributed by atoms with E-state index in [1.54, 1.807) is 0 Å². The van der Waals surface area contributed by atoms with E-state index in [-0.39, 0.29) is 0 Å². The fourth-order valence-corrected chi connectivity index (χ4v) is 1.49. The first kappa shape index (κ1) is 7.22. The van der Waals surface area contributed by atoms with Gasteiger partial charge < -0.3 is 0 Å². The summed E-state index contributed by atoms with van der Waals surface area (Å²) in [6, 6.07) is 8.10. The second-order valence-electron chi connectivity index (χ2n) is 2.93. The zero-order chi connectivity index (χ0) is 8.39. The van der Waals surface area contributed by atoms with Crippen LogP contribution in [0.15, 0.2) is 35.1 Å². The molecule has 0 saturated heterocycles. The average molecular weight is 159 g/mol. The van der Waals surface area contributed by atoms with Crippen molar-refractivity contribution >= 4 is 6.08 Å². The van der Waals surface area contributed by atoms with Gasteiger partial charge in [-0.2, -0.15) is 0 Å². The minimum atomic E-state index is 0.661. The van der Waals surface area contributed by atoms with Crippen LogP contribution >= 0.6 is 0 Å². The molecule has 0 atom stereocenters. The van der Waals surface area contributed by atoms with Crippen LogP contribution in [0.4, 0.5) is 0 Å². The summed E-state index contributed by atoms with van der Waals surface area (Å²) in [5, 5.41) is 2.96. The first-order valence-corrected chi connectivity index (χ1v) is 4.02. The highest BCUT2D eigenvalue weighted by atomic mass is 16.3. The Bertz CT molecular complexity index is 341. The zero-order valence-electron chi connectivity index (χ0n) is 6.66. The number of nitroso groups, excluding NO2 is 1. The fourth-order valence-electron chi connectivity index (χ4n) is 1.49. The third kappa shape index (κ3) is 1.16. The number of nitrogens with zero attached hydrogens (tertiary/aromatic N) is 1. The summed E-state index contributed by atoms with van der Waals surface area (Å²) in [7, 11) is 0. The van der Waals surface area contributed by atoms with E-state index in [4.69, 9.17) is 0 Å². The van der Waals surface area contributed by atoms with Gasteiger partial charge in [-0.15, -0.1) is 4.91 Å². The molecule has 0 N–H and O–H groups in total. The van der Waals surface area contributed by atoms with Gasteiger partial charge in [0.05, 0.1) is 5.70 Å². The van der Waals surface area contributed by atoms with Crippen LogP contribution < -0.4 is 0 Å². The van der Waals surface area contributed by atoms with Crippen molar-refractivity contribution in [2.75, 3.05) is 0 Å². The van der Waals surface area contributed by atoms with E-state index >= 15 is 0 Å². The molecule has 0 amide bonds. The third-order valence-electron chi connectivity index (χ3n) is 2.14. The van der Waals surface area contributed by atoms with Crippen LogP contribution in [0.2, 0.25) is 0 Å². The van der Waals surface area contributed by atoms with Gasteiger partial charge in [-0.25, -0.2) is 0 Å². The highest BCUT2D eigenvalue weighted by molar-refractivity contribution is 5.59. The van der Waals surface area contributed by atoms with Gasteiger partial charge in [-0.3, -0.25) is 0 Å². The summed E-state index contributed by atoms with van der Waals surface area (Å²) in [5.41, 5.74) is 3.11. The Balaban J connectivity index is 2.47. The molecular formula is C10H9NO. The van der Waals surface area contributed by atoms with Crippen LogP contribution in [-0.4, -0.2) is 0 Å². The summed E-state index contributed by atoms with van der Waals surface area (Å²) < 4.78 is 0. The van der Waals surface area contributed by atoms with E-state index in [0.29, 0.717) is 5.70 Å². The lowest BCUT2D eigenvalue weighted by molar-refractivity contribution is 0.911. The molecule has 2 heteroatoms. The molecule has 12 heavy (non-hydrogen) atoms. The van der Waals surface area contributed by atoms with Gasteiger partial charge >= 0.3 is 0 Å². The quantitative estimate of drug-likeness (QED) is 0.579. The molecule has 1 aliphatic carbocycles. The van der Waals surface area contributed by atoms with Crippen molar-refractivity contribution in [3.05, 3.63) is 46.0 Å². The first-order chi connectivity index (χ1) is 5.90. The highest BCUT2D eigenvalue weighted by Gasteiger charge is 2.08. The maximum atomic E-state index is 10.3. The van der Waals surface area contributed by atoms with E-state index in [0.717, 1.165) is 18.4 Å². The van der Waals surface area contributed by atoms with Crippen LogP contribution in [0.25, 0.3) is 6.08 Å². The van der Waals surface area contributed by atoms with Gasteiger partial charge in [-0.1, -0.05) is 24.3 Å². The van der Waals surface area contributed by atoms with Crippen molar-refractivity contribution in [2.45, 2.75) is 12.8 Å². The first-order valence-electron chi connectivity index (χ1n) is 4.02. The Morgan fingerprint density at radius 3 is 2.83 bits per heavy atom. The molecule has 1 aromatic rings. The van der Waals surface area contributed by atoms with E-state index in [1.165, 1.54) is 5.56 Å². The van der Waals surface area contributed by atoms with Crippen LogP contribution in [0.3, 0.4) is 0 Å². The zero-order valence-corrected chi connectivity index (χ0v) is 6.66. The third-order valence-corrected chi connectivity index (χ3v) is 2.14. The van der Waals surface area contributed by atoms with Crippen LogP contribution in [0.5, 0.6) is 0 Å². The average Bonchev–Trinajstić information content (AvgIpc) is 2.17. The predicted octanol–water partition coefficient (Wildman–Crippen LogP) is 2.74. The molecule has 1 aliphatic rings. The Morgan fingerprint density at radius 2 is 2.00 bits per heavy atom. The van der Waals surface area contributed by atoms with Crippen molar-refractivity contribution in [3.63, 3.8) is 0 Å². The molecule has 2 rings (SSSR count). The number of rotatable bonds is 1. The van der Waals surface area contributed by atoms with E-state index in [1.807, 2.05) is 24.3 Å². The lowest BCUT2D eigenvalue weighted by Gasteiger charge is -2.10. The van der Waals surface area contributed by atoms with Crippen LogP contribution in [-0.2, 0) is 6.42 Å². The summed E-state index contributed by atoms with van der Waals surface area (Å²) >= 11 is 0. The summed E-state index contributed by atoms with van der Waals surface area (Å²) in [5.74, 6) is 0. The highest BCUT2D eigenvalue weighted by Crippen LogP contribution is 2.23. The normalized spacial score (nSPS) is 14.8. The maximum absolute atomic E-state index is 10.3. The molecule has 0 saturated carbocycles. The Labute approximate surface area is 70.9 Å². The molecule has 1 aromatic carbocycles. The monoisotopic (exact) mass is 159 g/mol. The molecule has 0 bridgehead atoms. The summed E-state index contributed by atoms with van der Waals surface area (Å²) in [6.45, 7) is 0. The van der Waals surface area contributed by atoms with Gasteiger partial charge in [0, 0.05) is 0 Å². The molecule has 0 heterocycles. The number of aryl methyl sites for hydroxylation is 1. The standard InChI is InChI=1S/C10H9NO/c12-11-10-6-5-8-3-1-2-4-9(8)7-10/h1-4,7H,5-6H2. The Hall–Kier alpha value is -1.44. The van der Waals surface area contributed by atoms with Gasteiger partial charge in [-0.05, 0) is 35.2 Å². The smallest absolute Gasteiger partial charge is 0.0858 e. The molecule has 0 radical (unpaired) electrons. The van der Waals surface area contributed by atoms with Gasteiger partial charge in [0.2, 0.25) is 0 Å². The predicted molar refractivity (Wildman–Crippen MR) is 48.5 cm³/mol. The number of allylic oxidation sites excluding steroid dienone is 1. The van der Waals surface area contributed by atoms with Crippen LogP contribution in [0.1, 0.15) is 17.5 Å². The number of benzene rings is 1. The van der Waals surface area contributed by atoms with E-state index in [9.17, 15) is 4.91 Å². The van der Waals surface area contributed by atoms with Crippen molar-refractivity contribution in [1.29, 1.82) is 0 Å². The van der Waals surface area contributed by atoms with Gasteiger partial charge in [0.1, 0.15) is 0 Å². The second-order valence-corrected chi connectivity index (χ2v) is 2.93. The SMILES string of the molecule is O=NC1=Cc2ccccc2CC1. The van der Waals surface area contributed by atoms with Crippen molar-refractivity contribution in [3.8, 4) is 0 Å². The molecule has 0 aromatic heterocycles. The van der Waals surface area contributed by atoms with Gasteiger partial charge in [0.15, 0.2) is 0 Å². The molecule has 2 nitrogen and oxygen atoms in total. The molecule has 0 spiro atoms. The second kappa shape index (κ2) is 2.89. The van der Waals surface area contributed by atoms with Crippen molar-refractivity contribution in [1.82, 2.24) is 0 Å². The molecule has 60 valence electrons. The minimum Gasteiger partial charge on any atom is -0.145 e. The summed E-state index contributed by atoms with van der Waals surface area (Å²) in [4.78, 5) is 10.3. The van der Waals surface area contributed by atoms with E-state index < -0.39 is 0 Å². The Morgan fingerprint density at radius 1 is 1.17 bits per heavy atom. The van der Waals surface area contributed by atoms with Crippen molar-refractivity contribution in [2.24, 2.45) is 5.18 Å². The maximum Gasteiger partial charge on any atom is 0.0858 e. The van der Waals surface area contributed by atoms with E-state index in [2.05, 4.69) is 11.2 Å². The molecule has 0 fully saturated rings.